The SMILES string of the molecule is COCn1ccc(-c2cnc(Nc3ccnc(-c4cnn(S(=O)(=O)C5CC5)c4)c3)nc2NC2CCC(C)(O)CC2)n1. The van der Waals surface area contributed by atoms with Gasteiger partial charge < -0.3 is 20.5 Å². The van der Waals surface area contributed by atoms with Crippen LogP contribution in [-0.2, 0) is 21.5 Å². The highest BCUT2D eigenvalue weighted by Crippen LogP contribution is 2.33. The highest BCUT2D eigenvalue weighted by atomic mass is 32.2. The fourth-order valence-electron chi connectivity index (χ4n) is 4.92. The summed E-state index contributed by atoms with van der Waals surface area (Å²) in [5, 5.41) is 25.5. The molecule has 4 aromatic rings. The lowest BCUT2D eigenvalue weighted by Gasteiger charge is -2.33. The van der Waals surface area contributed by atoms with Crippen molar-refractivity contribution in [3.05, 3.63) is 49.2 Å². The summed E-state index contributed by atoms with van der Waals surface area (Å²) in [6.07, 6.45) is 12.6. The van der Waals surface area contributed by atoms with Crippen LogP contribution >= 0.6 is 0 Å². The van der Waals surface area contributed by atoms with Crippen LogP contribution in [0.5, 0.6) is 0 Å². The minimum Gasteiger partial charge on any atom is -0.390 e. The predicted molar refractivity (Wildman–Crippen MR) is 153 cm³/mol. The van der Waals surface area contributed by atoms with Crippen molar-refractivity contribution >= 4 is 27.5 Å². The first-order valence-electron chi connectivity index (χ1n) is 13.6. The van der Waals surface area contributed by atoms with E-state index >= 15 is 0 Å². The van der Waals surface area contributed by atoms with Crippen LogP contribution in [0.1, 0.15) is 45.4 Å². The first-order valence-corrected chi connectivity index (χ1v) is 15.1. The summed E-state index contributed by atoms with van der Waals surface area (Å²) in [6.45, 7) is 2.21. The molecular formula is C27H33N9O4S. The number of rotatable bonds is 10. The molecule has 0 amide bonds. The summed E-state index contributed by atoms with van der Waals surface area (Å²) in [5.74, 6) is 1.01. The van der Waals surface area contributed by atoms with Crippen LogP contribution in [0.3, 0.4) is 0 Å². The van der Waals surface area contributed by atoms with E-state index in [0.717, 1.165) is 22.5 Å². The molecule has 0 saturated heterocycles. The minimum absolute atomic E-state index is 0.147. The number of aromatic nitrogens is 7. The van der Waals surface area contributed by atoms with E-state index in [0.29, 0.717) is 66.8 Å². The third-order valence-electron chi connectivity index (χ3n) is 7.45. The van der Waals surface area contributed by atoms with Crippen LogP contribution < -0.4 is 10.6 Å². The zero-order valence-electron chi connectivity index (χ0n) is 22.9. The lowest BCUT2D eigenvalue weighted by atomic mass is 9.83. The van der Waals surface area contributed by atoms with Crippen molar-refractivity contribution in [2.45, 2.75) is 69.1 Å². The largest absolute Gasteiger partial charge is 0.390 e. The molecule has 41 heavy (non-hydrogen) atoms. The van der Waals surface area contributed by atoms with E-state index in [2.05, 4.69) is 30.8 Å². The second kappa shape index (κ2) is 10.8. The molecule has 14 heteroatoms. The minimum atomic E-state index is -3.46. The number of anilines is 3. The molecule has 3 N–H and O–H groups in total. The summed E-state index contributed by atoms with van der Waals surface area (Å²) in [6, 6.07) is 5.62. The van der Waals surface area contributed by atoms with E-state index in [1.165, 1.54) is 12.4 Å². The molecule has 6 rings (SSSR count). The molecule has 2 fully saturated rings. The number of nitrogens with zero attached hydrogens (tertiary/aromatic N) is 7. The number of hydrogen-bond acceptors (Lipinski definition) is 11. The topological polar surface area (TPSA) is 162 Å². The number of methoxy groups -OCH3 is 1. The van der Waals surface area contributed by atoms with Crippen LogP contribution in [0, 0.1) is 0 Å². The van der Waals surface area contributed by atoms with Crippen LogP contribution in [0.4, 0.5) is 17.5 Å². The highest BCUT2D eigenvalue weighted by molar-refractivity contribution is 7.90. The Morgan fingerprint density at radius 1 is 1.12 bits per heavy atom. The van der Waals surface area contributed by atoms with E-state index in [1.807, 2.05) is 19.2 Å². The third-order valence-corrected chi connectivity index (χ3v) is 9.48. The van der Waals surface area contributed by atoms with Crippen molar-refractivity contribution in [1.82, 2.24) is 33.9 Å². The quantitative estimate of drug-likeness (QED) is 0.252. The van der Waals surface area contributed by atoms with Gasteiger partial charge >= 0.3 is 0 Å². The maximum atomic E-state index is 12.5. The molecule has 2 saturated carbocycles. The fourth-order valence-corrected chi connectivity index (χ4v) is 6.39. The Kier molecular flexibility index (Phi) is 7.21. The van der Waals surface area contributed by atoms with Crippen LogP contribution in [0.25, 0.3) is 22.5 Å². The van der Waals surface area contributed by atoms with E-state index in [-0.39, 0.29) is 11.3 Å². The Morgan fingerprint density at radius 3 is 2.68 bits per heavy atom. The fraction of sp³-hybridized carbons (Fsp3) is 0.444. The van der Waals surface area contributed by atoms with Gasteiger partial charge in [0.2, 0.25) is 5.95 Å². The summed E-state index contributed by atoms with van der Waals surface area (Å²) in [7, 11) is -1.84. The van der Waals surface area contributed by atoms with Crippen molar-refractivity contribution in [1.29, 1.82) is 0 Å². The maximum absolute atomic E-state index is 12.5. The molecule has 0 spiro atoms. The molecule has 216 valence electrons. The van der Waals surface area contributed by atoms with Gasteiger partial charge in [0.15, 0.2) is 0 Å². The lowest BCUT2D eigenvalue weighted by Crippen LogP contribution is -2.36. The molecule has 0 unspecified atom stereocenters. The summed E-state index contributed by atoms with van der Waals surface area (Å²) in [4.78, 5) is 13.8. The van der Waals surface area contributed by atoms with Crippen molar-refractivity contribution in [3.8, 4) is 22.5 Å². The Balaban J connectivity index is 1.25. The number of aliphatic hydroxyl groups is 1. The van der Waals surface area contributed by atoms with Gasteiger partial charge in [-0.05, 0) is 63.6 Å². The van der Waals surface area contributed by atoms with E-state index < -0.39 is 15.6 Å². The van der Waals surface area contributed by atoms with E-state index in [4.69, 9.17) is 9.72 Å². The zero-order valence-corrected chi connectivity index (χ0v) is 23.8. The average Bonchev–Trinajstić information content (AvgIpc) is 3.51. The van der Waals surface area contributed by atoms with E-state index in [1.54, 1.807) is 36.3 Å². The molecule has 2 aliphatic rings. The molecule has 0 bridgehead atoms. The van der Waals surface area contributed by atoms with Gasteiger partial charge in [-0.25, -0.2) is 18.1 Å². The Morgan fingerprint density at radius 2 is 1.93 bits per heavy atom. The van der Waals surface area contributed by atoms with Crippen molar-refractivity contribution in [3.63, 3.8) is 0 Å². The standard InChI is InChI=1S/C27H33N9O4S/c1-27(37)9-5-19(6-10-27)31-25-22(23-8-12-35(34-23)17-40-2)15-29-26(33-25)32-20-7-11-28-24(13-20)18-14-30-36(16-18)41(38,39)21-3-4-21/h7-8,11-16,19,21,37H,3-6,9-10,17H2,1-2H3,(H2,28,29,31,32,33). The van der Waals surface area contributed by atoms with Gasteiger partial charge in [-0.3, -0.25) is 4.98 Å². The normalized spacial score (nSPS) is 21.1. The second-order valence-electron chi connectivity index (χ2n) is 10.9. The molecule has 2 aliphatic carbocycles. The van der Waals surface area contributed by atoms with Gasteiger partial charge in [-0.1, -0.05) is 0 Å². The van der Waals surface area contributed by atoms with Crippen molar-refractivity contribution < 1.29 is 18.3 Å². The van der Waals surface area contributed by atoms with Gasteiger partial charge in [-0.2, -0.15) is 19.3 Å². The molecular weight excluding hydrogens is 546 g/mol. The van der Waals surface area contributed by atoms with Gasteiger partial charge in [0.05, 0.1) is 40.2 Å². The molecule has 0 aliphatic heterocycles. The number of pyridine rings is 1. The molecule has 4 heterocycles. The average molecular weight is 580 g/mol. The Labute approximate surface area is 238 Å². The Bertz CT molecular complexity index is 1640. The van der Waals surface area contributed by atoms with E-state index in [9.17, 15) is 13.5 Å². The van der Waals surface area contributed by atoms with Gasteiger partial charge in [-0.15, -0.1) is 0 Å². The first kappa shape index (κ1) is 27.3. The number of hydrogen-bond donors (Lipinski definition) is 3. The van der Waals surface area contributed by atoms with Crippen LogP contribution in [0.2, 0.25) is 0 Å². The first-order chi connectivity index (χ1) is 19.7. The molecule has 0 aromatic carbocycles. The van der Waals surface area contributed by atoms with Crippen molar-refractivity contribution in [2.24, 2.45) is 0 Å². The predicted octanol–water partition coefficient (Wildman–Crippen LogP) is 3.39. The summed E-state index contributed by atoms with van der Waals surface area (Å²) < 4.78 is 33.0. The van der Waals surface area contributed by atoms with Gasteiger partial charge in [0, 0.05) is 43.0 Å². The summed E-state index contributed by atoms with van der Waals surface area (Å²) >= 11 is 0. The molecule has 0 atom stereocenters. The summed E-state index contributed by atoms with van der Waals surface area (Å²) in [5.41, 5.74) is 2.67. The lowest BCUT2D eigenvalue weighted by molar-refractivity contribution is 0.0196. The smallest absolute Gasteiger partial charge is 0.256 e. The van der Waals surface area contributed by atoms with Crippen molar-refractivity contribution in [2.75, 3.05) is 17.7 Å². The Hall–Kier alpha value is -3.88. The van der Waals surface area contributed by atoms with Gasteiger partial charge in [0.1, 0.15) is 12.5 Å². The third kappa shape index (κ3) is 6.09. The monoisotopic (exact) mass is 579 g/mol. The van der Waals surface area contributed by atoms with Gasteiger partial charge in [0.25, 0.3) is 10.0 Å². The van der Waals surface area contributed by atoms with Crippen LogP contribution in [0.15, 0.2) is 49.2 Å². The van der Waals surface area contributed by atoms with Crippen LogP contribution in [-0.4, -0.2) is 71.4 Å². The zero-order chi connectivity index (χ0) is 28.6. The molecule has 4 aromatic heterocycles. The number of nitrogens with one attached hydrogen (secondary N) is 2. The molecule has 13 nitrogen and oxygen atoms in total. The molecule has 0 radical (unpaired) electrons. The second-order valence-corrected chi connectivity index (χ2v) is 13.0. The highest BCUT2D eigenvalue weighted by Gasteiger charge is 2.37. The number of ether oxygens (including phenoxy) is 1. The maximum Gasteiger partial charge on any atom is 0.256 e.